The fourth-order valence-electron chi connectivity index (χ4n) is 0.524. The van der Waals surface area contributed by atoms with E-state index in [9.17, 15) is 4.79 Å². The standard InChI is InChI=1S/C8H10N2O/c1-2-3-4-7-10-8(11)5-6-9/h4-5,7H2,1H3,(H,10,11). The zero-order valence-electron chi connectivity index (χ0n) is 6.48. The largest absolute Gasteiger partial charge is 0.354 e. The van der Waals surface area contributed by atoms with Gasteiger partial charge in [0.05, 0.1) is 6.07 Å². The van der Waals surface area contributed by atoms with Crippen molar-refractivity contribution in [2.24, 2.45) is 0 Å². The van der Waals surface area contributed by atoms with E-state index in [2.05, 4.69) is 17.2 Å². The Hall–Kier alpha value is -1.48. The maximum atomic E-state index is 10.6. The van der Waals surface area contributed by atoms with Gasteiger partial charge in [0, 0.05) is 13.0 Å². The normalized spacial score (nSPS) is 7.27. The minimum atomic E-state index is -0.231. The Kier molecular flexibility index (Phi) is 5.74. The van der Waals surface area contributed by atoms with E-state index < -0.39 is 0 Å². The molecule has 58 valence electrons. The number of nitrogens with zero attached hydrogens (tertiary/aromatic N) is 1. The van der Waals surface area contributed by atoms with Crippen LogP contribution in [0.15, 0.2) is 0 Å². The molecule has 0 aliphatic heterocycles. The molecule has 0 atom stereocenters. The van der Waals surface area contributed by atoms with Gasteiger partial charge in [-0.3, -0.25) is 4.79 Å². The van der Waals surface area contributed by atoms with Gasteiger partial charge >= 0.3 is 0 Å². The zero-order valence-corrected chi connectivity index (χ0v) is 6.48. The molecule has 0 radical (unpaired) electrons. The van der Waals surface area contributed by atoms with E-state index in [1.54, 1.807) is 13.0 Å². The summed E-state index contributed by atoms with van der Waals surface area (Å²) in [6, 6.07) is 1.76. The van der Waals surface area contributed by atoms with Crippen LogP contribution in [0.2, 0.25) is 0 Å². The minimum Gasteiger partial charge on any atom is -0.354 e. The van der Waals surface area contributed by atoms with Gasteiger partial charge in [-0.05, 0) is 6.92 Å². The lowest BCUT2D eigenvalue weighted by Gasteiger charge is -1.96. The van der Waals surface area contributed by atoms with E-state index in [1.807, 2.05) is 0 Å². The predicted octanol–water partition coefficient (Wildman–Crippen LogP) is 0.430. The summed E-state index contributed by atoms with van der Waals surface area (Å²) < 4.78 is 0. The second kappa shape index (κ2) is 6.64. The van der Waals surface area contributed by atoms with Crippen LogP contribution in [0, 0.1) is 23.2 Å². The minimum absolute atomic E-state index is 0.0699. The zero-order chi connectivity index (χ0) is 8.53. The average Bonchev–Trinajstić information content (AvgIpc) is 1.99. The van der Waals surface area contributed by atoms with Gasteiger partial charge in [-0.25, -0.2) is 0 Å². The molecule has 0 aromatic heterocycles. The number of hydrogen-bond acceptors (Lipinski definition) is 2. The summed E-state index contributed by atoms with van der Waals surface area (Å²) >= 11 is 0. The molecule has 11 heavy (non-hydrogen) atoms. The van der Waals surface area contributed by atoms with Crippen LogP contribution in [-0.4, -0.2) is 12.5 Å². The molecule has 0 unspecified atom stereocenters. The Morgan fingerprint density at radius 2 is 2.36 bits per heavy atom. The van der Waals surface area contributed by atoms with Gasteiger partial charge in [-0.1, -0.05) is 0 Å². The summed E-state index contributed by atoms with van der Waals surface area (Å²) in [7, 11) is 0. The van der Waals surface area contributed by atoms with Gasteiger partial charge in [-0.15, -0.1) is 11.8 Å². The number of carbonyl (C=O) groups excluding carboxylic acids is 1. The van der Waals surface area contributed by atoms with Gasteiger partial charge in [0.2, 0.25) is 5.91 Å². The van der Waals surface area contributed by atoms with Crippen LogP contribution in [-0.2, 0) is 4.79 Å². The Labute approximate surface area is 66.4 Å². The van der Waals surface area contributed by atoms with Crippen molar-refractivity contribution in [2.45, 2.75) is 19.8 Å². The molecule has 1 amide bonds. The molecule has 0 fully saturated rings. The third-order valence-corrected chi connectivity index (χ3v) is 0.989. The molecular formula is C8H10N2O. The number of nitriles is 1. The van der Waals surface area contributed by atoms with Crippen molar-refractivity contribution in [2.75, 3.05) is 6.54 Å². The highest BCUT2D eigenvalue weighted by Crippen LogP contribution is 1.76. The van der Waals surface area contributed by atoms with Crippen LogP contribution in [0.1, 0.15) is 19.8 Å². The molecule has 0 aromatic rings. The van der Waals surface area contributed by atoms with Crippen LogP contribution in [0.25, 0.3) is 0 Å². The molecule has 0 saturated heterocycles. The summed E-state index contributed by atoms with van der Waals surface area (Å²) in [4.78, 5) is 10.6. The first-order valence-corrected chi connectivity index (χ1v) is 3.34. The van der Waals surface area contributed by atoms with Gasteiger partial charge < -0.3 is 5.32 Å². The van der Waals surface area contributed by atoms with E-state index in [0.29, 0.717) is 13.0 Å². The van der Waals surface area contributed by atoms with Crippen molar-refractivity contribution >= 4 is 5.91 Å². The fraction of sp³-hybridized carbons (Fsp3) is 0.500. The van der Waals surface area contributed by atoms with Crippen LogP contribution in [0.4, 0.5) is 0 Å². The molecule has 0 bridgehead atoms. The van der Waals surface area contributed by atoms with Crippen LogP contribution in [0.3, 0.4) is 0 Å². The van der Waals surface area contributed by atoms with Crippen molar-refractivity contribution < 1.29 is 4.79 Å². The molecule has 0 rings (SSSR count). The second-order valence-corrected chi connectivity index (χ2v) is 1.86. The third-order valence-electron chi connectivity index (χ3n) is 0.989. The van der Waals surface area contributed by atoms with Crippen molar-refractivity contribution in [3.05, 3.63) is 0 Å². The molecule has 0 aliphatic rings. The summed E-state index contributed by atoms with van der Waals surface area (Å²) in [5.41, 5.74) is 0. The van der Waals surface area contributed by atoms with Gasteiger partial charge in [0.15, 0.2) is 0 Å². The predicted molar refractivity (Wildman–Crippen MR) is 41.3 cm³/mol. The first-order chi connectivity index (χ1) is 5.31. The molecule has 0 aliphatic carbocycles. The van der Waals surface area contributed by atoms with E-state index in [0.717, 1.165) is 0 Å². The van der Waals surface area contributed by atoms with E-state index in [1.165, 1.54) is 0 Å². The Balaban J connectivity index is 3.31. The molecule has 1 N–H and O–H groups in total. The summed E-state index contributed by atoms with van der Waals surface area (Å²) in [5, 5.41) is 10.7. The van der Waals surface area contributed by atoms with Crippen LogP contribution in [0.5, 0.6) is 0 Å². The smallest absolute Gasteiger partial charge is 0.234 e. The summed E-state index contributed by atoms with van der Waals surface area (Å²) in [6.45, 7) is 2.28. The Morgan fingerprint density at radius 3 is 2.91 bits per heavy atom. The van der Waals surface area contributed by atoms with Crippen molar-refractivity contribution in [1.29, 1.82) is 5.26 Å². The maximum absolute atomic E-state index is 10.6. The maximum Gasteiger partial charge on any atom is 0.234 e. The fourth-order valence-corrected chi connectivity index (χ4v) is 0.524. The summed E-state index contributed by atoms with van der Waals surface area (Å²) in [5.74, 6) is 5.27. The lowest BCUT2D eigenvalue weighted by atomic mass is 10.4. The van der Waals surface area contributed by atoms with Crippen molar-refractivity contribution in [3.8, 4) is 17.9 Å². The molecular weight excluding hydrogens is 140 g/mol. The monoisotopic (exact) mass is 150 g/mol. The summed E-state index contributed by atoms with van der Waals surface area (Å²) in [6.07, 6.45) is 0.577. The lowest BCUT2D eigenvalue weighted by Crippen LogP contribution is -2.23. The Bertz CT molecular complexity index is 216. The third kappa shape index (κ3) is 6.40. The number of carbonyl (C=O) groups is 1. The Morgan fingerprint density at radius 1 is 1.64 bits per heavy atom. The van der Waals surface area contributed by atoms with E-state index in [-0.39, 0.29) is 12.3 Å². The first-order valence-electron chi connectivity index (χ1n) is 3.34. The highest BCUT2D eigenvalue weighted by atomic mass is 16.1. The highest BCUT2D eigenvalue weighted by molar-refractivity contribution is 5.77. The molecule has 0 aromatic carbocycles. The van der Waals surface area contributed by atoms with Gasteiger partial charge in [-0.2, -0.15) is 5.26 Å². The molecule has 3 heteroatoms. The van der Waals surface area contributed by atoms with E-state index >= 15 is 0 Å². The van der Waals surface area contributed by atoms with Gasteiger partial charge in [0.25, 0.3) is 0 Å². The van der Waals surface area contributed by atoms with Crippen LogP contribution < -0.4 is 5.32 Å². The average molecular weight is 150 g/mol. The van der Waals surface area contributed by atoms with Crippen molar-refractivity contribution in [1.82, 2.24) is 5.32 Å². The van der Waals surface area contributed by atoms with Gasteiger partial charge in [0.1, 0.15) is 6.42 Å². The SMILES string of the molecule is CC#CCCNC(=O)CC#N. The molecule has 0 heterocycles. The molecule has 0 saturated carbocycles. The first kappa shape index (κ1) is 9.52. The molecule has 0 spiro atoms. The number of hydrogen-bond donors (Lipinski definition) is 1. The quantitative estimate of drug-likeness (QED) is 0.468. The topological polar surface area (TPSA) is 52.9 Å². The van der Waals surface area contributed by atoms with Crippen LogP contribution >= 0.6 is 0 Å². The number of rotatable bonds is 3. The lowest BCUT2D eigenvalue weighted by molar-refractivity contribution is -0.120. The highest BCUT2D eigenvalue weighted by Gasteiger charge is 1.95. The number of nitrogens with one attached hydrogen (secondary N) is 1. The second-order valence-electron chi connectivity index (χ2n) is 1.86. The van der Waals surface area contributed by atoms with Crippen molar-refractivity contribution in [3.63, 3.8) is 0 Å². The van der Waals surface area contributed by atoms with E-state index in [4.69, 9.17) is 5.26 Å². The number of amides is 1. The molecule has 3 nitrogen and oxygen atoms in total.